The molecule has 0 spiro atoms. The van der Waals surface area contributed by atoms with Crippen LogP contribution in [0, 0.1) is 22.7 Å². The first kappa shape index (κ1) is 64.2. The molecule has 0 radical (unpaired) electrons. The lowest BCUT2D eigenvalue weighted by Crippen LogP contribution is -2.55. The van der Waals surface area contributed by atoms with E-state index in [0.717, 1.165) is 46.2 Å². The number of aromatic nitrogens is 4. The molecular weight excluding hydrogens is 1240 g/mol. The second-order valence-corrected chi connectivity index (χ2v) is 25.3. The van der Waals surface area contributed by atoms with E-state index in [0.29, 0.717) is 142 Å². The van der Waals surface area contributed by atoms with Crippen molar-refractivity contribution >= 4 is 81.2 Å². The molecule has 0 saturated carbocycles. The molecule has 8 heterocycles. The van der Waals surface area contributed by atoms with E-state index in [4.69, 9.17) is 80.6 Å². The number of anilines is 4. The topological polar surface area (TPSA) is 187 Å². The first-order valence-electron chi connectivity index (χ1n) is 30.0. The van der Waals surface area contributed by atoms with E-state index in [-0.39, 0.29) is 84.9 Å². The van der Waals surface area contributed by atoms with Crippen molar-refractivity contribution in [2.75, 3.05) is 119 Å². The van der Waals surface area contributed by atoms with Gasteiger partial charge in [0.2, 0.25) is 11.8 Å². The van der Waals surface area contributed by atoms with Gasteiger partial charge in [0, 0.05) is 88.7 Å². The molecule has 90 heavy (non-hydrogen) atoms. The molecule has 2 amide bonds. The predicted octanol–water partition coefficient (Wildman–Crippen LogP) is 10.0. The Balaban J connectivity index is 0.838. The van der Waals surface area contributed by atoms with Crippen LogP contribution in [0.2, 0.25) is 20.1 Å². The number of piperazine rings is 2. The first-order valence-corrected chi connectivity index (χ1v) is 31.5. The van der Waals surface area contributed by atoms with E-state index < -0.39 is 17.8 Å². The molecule has 3 aromatic carbocycles. The zero-order valence-corrected chi connectivity index (χ0v) is 53.3. The third kappa shape index (κ3) is 13.2. The number of amides is 2. The van der Waals surface area contributed by atoms with Crippen molar-refractivity contribution in [3.63, 3.8) is 0 Å². The van der Waals surface area contributed by atoms with Crippen molar-refractivity contribution < 1.29 is 37.0 Å². The maximum atomic E-state index is 13.9. The maximum absolute atomic E-state index is 13.9. The molecule has 0 N–H and O–H groups in total. The minimum atomic E-state index is -4.59. The Morgan fingerprint density at radius 2 is 1.17 bits per heavy atom. The van der Waals surface area contributed by atoms with Crippen molar-refractivity contribution in [2.24, 2.45) is 0 Å². The van der Waals surface area contributed by atoms with E-state index in [2.05, 4.69) is 62.9 Å². The molecule has 4 fully saturated rings. The SMILES string of the molecule is C=CC(=O)N1CCN(c2nc(OC[C@@H]3CC(c4cc(Cl)c(OC)c(N5CCc6c(nc(OC[C@@H]7CC(c8cccc(C(F)(F)F)c8Cl)CN7C)nc6N6CCN(C(=O)C=C)[C@@H](CC#N)C6)C5)c4)CN3C)nc3c2CCN(c2cccc(Cl)c2Cl)C3)C[C@@H]1CC#N. The number of carbonyl (C=O) groups is 2. The van der Waals surface area contributed by atoms with Crippen LogP contribution in [-0.4, -0.2) is 175 Å². The van der Waals surface area contributed by atoms with Crippen LogP contribution in [0.15, 0.2) is 73.8 Å². The summed E-state index contributed by atoms with van der Waals surface area (Å²) in [4.78, 5) is 62.4. The Kier molecular flexibility index (Phi) is 19.5. The molecule has 6 aliphatic rings. The van der Waals surface area contributed by atoms with Gasteiger partial charge < -0.3 is 43.6 Å². The number of alkyl halides is 3. The van der Waals surface area contributed by atoms with Crippen molar-refractivity contribution in [1.29, 1.82) is 10.5 Å². The third-order valence-corrected chi connectivity index (χ3v) is 20.0. The molecule has 2 unspecified atom stereocenters. The van der Waals surface area contributed by atoms with Crippen LogP contribution in [0.1, 0.15) is 76.7 Å². The summed E-state index contributed by atoms with van der Waals surface area (Å²) in [5.74, 6) is 1.14. The second-order valence-electron chi connectivity index (χ2n) is 23.8. The number of carbonyl (C=O) groups excluding carboxylic acids is 2. The van der Waals surface area contributed by atoms with Crippen molar-refractivity contribution in [2.45, 2.75) is 93.8 Å². The van der Waals surface area contributed by atoms with Crippen LogP contribution in [0.25, 0.3) is 0 Å². The number of methoxy groups -OCH3 is 1. The minimum Gasteiger partial charge on any atom is -0.493 e. The number of fused-ring (bicyclic) bond motifs is 2. The van der Waals surface area contributed by atoms with Gasteiger partial charge in [0.25, 0.3) is 0 Å². The van der Waals surface area contributed by atoms with Gasteiger partial charge in [-0.25, -0.2) is 0 Å². The Morgan fingerprint density at radius 3 is 1.69 bits per heavy atom. The van der Waals surface area contributed by atoms with Gasteiger partial charge in [-0.1, -0.05) is 77.8 Å². The van der Waals surface area contributed by atoms with Gasteiger partial charge in [-0.15, -0.1) is 0 Å². The molecule has 4 saturated heterocycles. The van der Waals surface area contributed by atoms with Crippen LogP contribution in [0.3, 0.4) is 0 Å². The summed E-state index contributed by atoms with van der Waals surface area (Å²) in [6.07, 6.45) is 0.531. The van der Waals surface area contributed by atoms with Crippen LogP contribution in [0.4, 0.5) is 36.2 Å². The third-order valence-electron chi connectivity index (χ3n) is 18.5. The van der Waals surface area contributed by atoms with E-state index in [1.807, 2.05) is 30.1 Å². The van der Waals surface area contributed by atoms with Gasteiger partial charge in [-0.2, -0.15) is 43.6 Å². The highest BCUT2D eigenvalue weighted by Crippen LogP contribution is 2.46. The molecule has 2 aromatic heterocycles. The first-order chi connectivity index (χ1) is 43.3. The smallest absolute Gasteiger partial charge is 0.417 e. The molecule has 6 aliphatic heterocycles. The number of halogens is 7. The fourth-order valence-corrected chi connectivity index (χ4v) is 14.9. The highest BCUT2D eigenvalue weighted by atomic mass is 35.5. The zero-order valence-electron chi connectivity index (χ0n) is 50.2. The molecule has 19 nitrogen and oxygen atoms in total. The molecule has 6 atom stereocenters. The lowest BCUT2D eigenvalue weighted by molar-refractivity contribution is -0.137. The molecular formula is C64H69Cl4F3N14O5. The van der Waals surface area contributed by atoms with E-state index in [9.17, 15) is 33.3 Å². The molecule has 5 aromatic rings. The number of likely N-dealkylation sites (tertiary alicyclic amines) is 2. The normalized spacial score (nSPS) is 22.2. The number of hydrogen-bond acceptors (Lipinski definition) is 17. The fraction of sp³-hybridized carbons (Fsp3) is 0.469. The molecule has 11 rings (SSSR count). The van der Waals surface area contributed by atoms with Gasteiger partial charge >= 0.3 is 18.2 Å². The van der Waals surface area contributed by atoms with Crippen LogP contribution in [-0.2, 0) is 41.7 Å². The number of hydrogen-bond donors (Lipinski definition) is 0. The largest absolute Gasteiger partial charge is 0.493 e. The molecule has 0 aliphatic carbocycles. The summed E-state index contributed by atoms with van der Waals surface area (Å²) in [6, 6.07) is 17.5. The van der Waals surface area contributed by atoms with Gasteiger partial charge in [0.15, 0.2) is 5.75 Å². The van der Waals surface area contributed by atoms with E-state index >= 15 is 0 Å². The average Bonchev–Trinajstić information content (AvgIpc) is 0.830. The standard InChI is InChI=1S/C64H69Cl4F3N14O5/c1-6-55(86)84-24-22-82(32-41(84)14-18-72)60-46-16-20-80(53-13-9-12-49(65)58(53)68)34-51(46)74-62(76-60)89-36-43-26-39(30-78(43)3)38-28-50(66)59(88-5)54(29-38)81-21-17-47-52(35-81)75-63(77-61(47)83-23-25-85(56(87)7-2)42(33-83)15-19-73)90-37-44-27-40(31-79(44)4)45-10-8-11-48(57(45)67)64(69,70)71/h6-13,28-29,39-44H,1-2,14-17,20-27,30-37H2,3-5H3/t39?,40?,41-,42-,43-,44-/m0/s1. The number of ether oxygens (including phenoxy) is 3. The Bertz CT molecular complexity index is 3670. The van der Waals surface area contributed by atoms with Gasteiger partial charge in [0.05, 0.1) is 106 Å². The average molecular weight is 1310 g/mol. The fourth-order valence-electron chi connectivity index (χ4n) is 13.8. The summed E-state index contributed by atoms with van der Waals surface area (Å²) < 4.78 is 61.0. The highest BCUT2D eigenvalue weighted by molar-refractivity contribution is 6.43. The summed E-state index contributed by atoms with van der Waals surface area (Å²) in [5, 5.41) is 20.8. The maximum Gasteiger partial charge on any atom is 0.417 e. The van der Waals surface area contributed by atoms with E-state index in [1.54, 1.807) is 29.0 Å². The molecule has 26 heteroatoms. The lowest BCUT2D eigenvalue weighted by Gasteiger charge is -2.42. The monoisotopic (exact) mass is 1310 g/mol. The molecule has 0 bridgehead atoms. The van der Waals surface area contributed by atoms with Crippen molar-refractivity contribution in [1.82, 2.24) is 39.5 Å². The second kappa shape index (κ2) is 27.3. The van der Waals surface area contributed by atoms with Crippen LogP contribution in [0.5, 0.6) is 17.8 Å². The number of benzene rings is 3. The number of rotatable bonds is 17. The summed E-state index contributed by atoms with van der Waals surface area (Å²) in [7, 11) is 5.57. The van der Waals surface area contributed by atoms with Crippen molar-refractivity contribution in [3.05, 3.63) is 133 Å². The molecule has 474 valence electrons. The summed E-state index contributed by atoms with van der Waals surface area (Å²) in [6.45, 7) is 13.2. The Hall–Kier alpha value is -7.31. The number of nitrogens with zero attached hydrogens (tertiary/aromatic N) is 14. The van der Waals surface area contributed by atoms with Crippen molar-refractivity contribution in [3.8, 4) is 29.9 Å². The zero-order chi connectivity index (χ0) is 63.7. The Labute approximate surface area is 541 Å². The highest BCUT2D eigenvalue weighted by Gasteiger charge is 2.41. The number of nitriles is 2. The summed E-state index contributed by atoms with van der Waals surface area (Å²) in [5.41, 5.74) is 5.51. The quantitative estimate of drug-likeness (QED) is 0.0800. The van der Waals surface area contributed by atoms with Gasteiger partial charge in [-0.05, 0) is 105 Å². The van der Waals surface area contributed by atoms with Gasteiger partial charge in [-0.3, -0.25) is 19.4 Å². The minimum absolute atomic E-state index is 0.0327. The van der Waals surface area contributed by atoms with Crippen LogP contribution >= 0.6 is 46.4 Å². The summed E-state index contributed by atoms with van der Waals surface area (Å²) >= 11 is 26.9. The van der Waals surface area contributed by atoms with Gasteiger partial charge in [0.1, 0.15) is 24.8 Å². The Morgan fingerprint density at radius 1 is 0.644 bits per heavy atom. The van der Waals surface area contributed by atoms with Crippen LogP contribution < -0.4 is 33.8 Å². The predicted molar refractivity (Wildman–Crippen MR) is 339 cm³/mol. The lowest BCUT2D eigenvalue weighted by atomic mass is 9.94. The van der Waals surface area contributed by atoms with E-state index in [1.165, 1.54) is 18.2 Å². The number of likely N-dealkylation sites (N-methyl/N-ethyl adjacent to an activating group) is 2.